The molecule has 4 rings (SSSR count). The zero-order valence-electron chi connectivity index (χ0n) is 26.2. The van der Waals surface area contributed by atoms with Crippen LogP contribution in [0.25, 0.3) is 11.3 Å². The predicted octanol–water partition coefficient (Wildman–Crippen LogP) is 5.90. The van der Waals surface area contributed by atoms with Gasteiger partial charge >= 0.3 is 12.0 Å². The van der Waals surface area contributed by atoms with Crippen molar-refractivity contribution in [3.63, 3.8) is 0 Å². The molecule has 44 heavy (non-hydrogen) atoms. The molecule has 0 spiro atoms. The van der Waals surface area contributed by atoms with E-state index in [0.717, 1.165) is 56.6 Å². The molecule has 2 aromatic carbocycles. The van der Waals surface area contributed by atoms with Crippen LogP contribution in [0.3, 0.4) is 0 Å². The van der Waals surface area contributed by atoms with Gasteiger partial charge < -0.3 is 24.6 Å². The molecule has 1 saturated carbocycles. The highest BCUT2D eigenvalue weighted by molar-refractivity contribution is 5.90. The van der Waals surface area contributed by atoms with E-state index in [1.165, 1.54) is 13.5 Å². The summed E-state index contributed by atoms with van der Waals surface area (Å²) in [7, 11) is 1.31. The third-order valence-corrected chi connectivity index (χ3v) is 8.33. The summed E-state index contributed by atoms with van der Waals surface area (Å²) in [5.41, 5.74) is 2.36. The van der Waals surface area contributed by atoms with Gasteiger partial charge in [-0.2, -0.15) is 0 Å². The zero-order valence-corrected chi connectivity index (χ0v) is 26.2. The van der Waals surface area contributed by atoms with E-state index in [9.17, 15) is 14.4 Å². The molecule has 9 nitrogen and oxygen atoms in total. The number of aromatic nitrogens is 1. The van der Waals surface area contributed by atoms with Gasteiger partial charge in [-0.15, -0.1) is 0 Å². The van der Waals surface area contributed by atoms with Crippen molar-refractivity contribution in [3.05, 3.63) is 78.5 Å². The van der Waals surface area contributed by atoms with E-state index in [0.29, 0.717) is 24.3 Å². The number of benzene rings is 2. The lowest BCUT2D eigenvalue weighted by Gasteiger charge is -2.34. The van der Waals surface area contributed by atoms with Gasteiger partial charge in [0.25, 0.3) is 0 Å². The fourth-order valence-electron chi connectivity index (χ4n) is 5.82. The smallest absolute Gasteiger partial charge is 0.343 e. The molecule has 3 aromatic rings. The average molecular weight is 603 g/mol. The van der Waals surface area contributed by atoms with Gasteiger partial charge in [0, 0.05) is 18.8 Å². The molecule has 9 heteroatoms. The van der Waals surface area contributed by atoms with Crippen molar-refractivity contribution in [1.29, 1.82) is 0 Å². The molecule has 1 atom stereocenters. The van der Waals surface area contributed by atoms with Gasteiger partial charge in [-0.1, -0.05) is 75.6 Å². The number of carbonyl (C=O) groups excluding carboxylic acids is 3. The SMILES string of the molecule is CCN(CC)CCCN(C(=O)n1cccc1-c1ccccc1)C(C(=O)NC1CCCCC1)c1ccc(OCC(=O)OC)cc1. The zero-order chi connectivity index (χ0) is 31.3. The number of methoxy groups -OCH3 is 1. The average Bonchev–Trinajstić information content (AvgIpc) is 3.56. The minimum absolute atomic E-state index is 0.0838. The number of nitrogens with zero attached hydrogens (tertiary/aromatic N) is 3. The van der Waals surface area contributed by atoms with E-state index in [4.69, 9.17) is 4.74 Å². The standard InChI is InChI=1S/C35H46N4O5/c1-4-37(5-2)23-13-25-39(35(42)38-24-12-18-31(38)27-14-8-6-9-15-27)33(34(41)36-29-16-10-7-11-17-29)28-19-21-30(22-20-28)44-26-32(40)43-3/h6,8-9,12,14-15,18-22,24,29,33H,4-5,7,10-11,13,16-17,23,25-26H2,1-3H3,(H,36,41). The van der Waals surface area contributed by atoms with Gasteiger partial charge in [0.1, 0.15) is 11.8 Å². The fraction of sp³-hybridized carbons (Fsp3) is 0.457. The Bertz CT molecular complexity index is 1330. The lowest BCUT2D eigenvalue weighted by atomic mass is 9.94. The Labute approximate surface area is 261 Å². The highest BCUT2D eigenvalue weighted by Crippen LogP contribution is 2.29. The lowest BCUT2D eigenvalue weighted by molar-refractivity contribution is -0.142. The molecule has 0 bridgehead atoms. The summed E-state index contributed by atoms with van der Waals surface area (Å²) < 4.78 is 11.9. The third-order valence-electron chi connectivity index (χ3n) is 8.33. The molecular weight excluding hydrogens is 556 g/mol. The Hall–Kier alpha value is -4.11. The second-order valence-corrected chi connectivity index (χ2v) is 11.2. The minimum Gasteiger partial charge on any atom is -0.482 e. The van der Waals surface area contributed by atoms with Crippen molar-refractivity contribution in [1.82, 2.24) is 19.7 Å². The summed E-state index contributed by atoms with van der Waals surface area (Å²) in [5, 5.41) is 3.28. The number of carbonyl (C=O) groups is 3. The number of amides is 2. The highest BCUT2D eigenvalue weighted by atomic mass is 16.6. The Kier molecular flexibility index (Phi) is 12.4. The first-order valence-corrected chi connectivity index (χ1v) is 15.8. The van der Waals surface area contributed by atoms with Crippen LogP contribution in [-0.2, 0) is 14.3 Å². The maximum absolute atomic E-state index is 14.5. The summed E-state index contributed by atoms with van der Waals surface area (Å²) in [5.74, 6) is -0.198. The minimum atomic E-state index is -0.859. The molecule has 0 radical (unpaired) electrons. The van der Waals surface area contributed by atoms with E-state index < -0.39 is 12.0 Å². The first kappa shape index (κ1) is 32.8. The second kappa shape index (κ2) is 16.7. The molecule has 0 saturated heterocycles. The van der Waals surface area contributed by atoms with Crippen molar-refractivity contribution in [3.8, 4) is 17.0 Å². The molecule has 0 aliphatic heterocycles. The second-order valence-electron chi connectivity index (χ2n) is 11.2. The molecule has 1 aliphatic rings. The predicted molar refractivity (Wildman–Crippen MR) is 171 cm³/mol. The quantitative estimate of drug-likeness (QED) is 0.231. The molecule has 1 unspecified atom stereocenters. The Balaban J connectivity index is 1.70. The van der Waals surface area contributed by atoms with Crippen molar-refractivity contribution in [2.75, 3.05) is 39.9 Å². The van der Waals surface area contributed by atoms with E-state index in [-0.39, 0.29) is 24.6 Å². The largest absolute Gasteiger partial charge is 0.482 e. The molecule has 2 amide bonds. The van der Waals surface area contributed by atoms with Crippen LogP contribution in [0.2, 0.25) is 0 Å². The number of hydrogen-bond donors (Lipinski definition) is 1. The van der Waals surface area contributed by atoms with Crippen molar-refractivity contribution >= 4 is 17.9 Å². The lowest BCUT2D eigenvalue weighted by Crippen LogP contribution is -2.48. The Morgan fingerprint density at radius 1 is 0.909 bits per heavy atom. The molecule has 1 fully saturated rings. The Morgan fingerprint density at radius 3 is 2.27 bits per heavy atom. The molecule has 1 N–H and O–H groups in total. The normalized spacial score (nSPS) is 14.2. The summed E-state index contributed by atoms with van der Waals surface area (Å²) in [6.45, 7) is 7.08. The molecule has 1 aliphatic carbocycles. The van der Waals surface area contributed by atoms with Gasteiger partial charge in [-0.3, -0.25) is 9.36 Å². The van der Waals surface area contributed by atoms with Crippen LogP contribution in [-0.4, -0.2) is 78.2 Å². The first-order valence-electron chi connectivity index (χ1n) is 15.8. The number of nitrogens with one attached hydrogen (secondary N) is 1. The third kappa shape index (κ3) is 8.72. The monoisotopic (exact) mass is 602 g/mol. The van der Waals surface area contributed by atoms with Crippen LogP contribution < -0.4 is 10.1 Å². The summed E-state index contributed by atoms with van der Waals surface area (Å²) >= 11 is 0. The van der Waals surface area contributed by atoms with Crippen LogP contribution in [0.1, 0.15) is 64.0 Å². The maximum atomic E-state index is 14.5. The van der Waals surface area contributed by atoms with E-state index in [2.05, 4.69) is 28.8 Å². The number of ether oxygens (including phenoxy) is 2. The number of hydrogen-bond acceptors (Lipinski definition) is 6. The maximum Gasteiger partial charge on any atom is 0.343 e. The van der Waals surface area contributed by atoms with Gasteiger partial charge in [-0.25, -0.2) is 9.59 Å². The number of esters is 1. The van der Waals surface area contributed by atoms with Gasteiger partial charge in [-0.05, 0) is 74.3 Å². The van der Waals surface area contributed by atoms with Gasteiger partial charge in [0.2, 0.25) is 5.91 Å². The van der Waals surface area contributed by atoms with Crippen molar-refractivity contribution in [2.45, 2.75) is 64.5 Å². The van der Waals surface area contributed by atoms with Crippen LogP contribution in [0.5, 0.6) is 5.75 Å². The fourth-order valence-corrected chi connectivity index (χ4v) is 5.82. The summed E-state index contributed by atoms with van der Waals surface area (Å²) in [4.78, 5) is 44.3. The van der Waals surface area contributed by atoms with E-state index in [1.807, 2.05) is 42.5 Å². The Morgan fingerprint density at radius 2 is 1.61 bits per heavy atom. The van der Waals surface area contributed by atoms with Crippen LogP contribution in [0, 0.1) is 0 Å². The number of rotatable bonds is 14. The van der Waals surface area contributed by atoms with Crippen LogP contribution in [0.15, 0.2) is 72.9 Å². The van der Waals surface area contributed by atoms with E-state index >= 15 is 0 Å². The van der Waals surface area contributed by atoms with Gasteiger partial charge in [0.05, 0.1) is 12.8 Å². The molecule has 1 heterocycles. The van der Waals surface area contributed by atoms with Crippen LogP contribution in [0.4, 0.5) is 4.79 Å². The van der Waals surface area contributed by atoms with Crippen LogP contribution >= 0.6 is 0 Å². The molecular formula is C35H46N4O5. The summed E-state index contributed by atoms with van der Waals surface area (Å²) in [6, 6.07) is 19.6. The summed E-state index contributed by atoms with van der Waals surface area (Å²) in [6.07, 6.45) is 7.69. The van der Waals surface area contributed by atoms with E-state index in [1.54, 1.807) is 39.9 Å². The molecule has 236 valence electrons. The molecule has 1 aromatic heterocycles. The van der Waals surface area contributed by atoms with Gasteiger partial charge in [0.15, 0.2) is 6.61 Å². The van der Waals surface area contributed by atoms with Crippen molar-refractivity contribution in [2.24, 2.45) is 0 Å². The highest BCUT2D eigenvalue weighted by Gasteiger charge is 2.34. The first-order chi connectivity index (χ1) is 21.4. The van der Waals surface area contributed by atoms with Crippen molar-refractivity contribution < 1.29 is 23.9 Å². The topological polar surface area (TPSA) is 93.1 Å².